The molecule has 1 saturated heterocycles. The van der Waals surface area contributed by atoms with Gasteiger partial charge in [-0.3, -0.25) is 0 Å². The second kappa shape index (κ2) is 5.63. The third kappa shape index (κ3) is 2.65. The zero-order valence-electron chi connectivity index (χ0n) is 8.30. The van der Waals surface area contributed by atoms with Crippen LogP contribution in [0, 0.1) is 0 Å². The van der Waals surface area contributed by atoms with Crippen molar-refractivity contribution in [1.29, 1.82) is 0 Å². The Balaban J connectivity index is 2.32. The maximum Gasteiger partial charge on any atom is 0.186 e. The minimum atomic E-state index is -1.07. The van der Waals surface area contributed by atoms with Gasteiger partial charge in [-0.25, -0.2) is 0 Å². The van der Waals surface area contributed by atoms with E-state index >= 15 is 0 Å². The van der Waals surface area contributed by atoms with Gasteiger partial charge in [-0.1, -0.05) is 13.3 Å². The molecule has 1 rings (SSSR count). The Morgan fingerprint density at radius 1 is 1.29 bits per heavy atom. The Morgan fingerprint density at radius 2 is 2.00 bits per heavy atom. The van der Waals surface area contributed by atoms with E-state index in [1.165, 1.54) is 0 Å². The number of hydrogen-bond donors (Lipinski definition) is 3. The first-order valence-electron chi connectivity index (χ1n) is 4.94. The quantitative estimate of drug-likeness (QED) is 0.515. The predicted molar refractivity (Wildman–Crippen MR) is 48.6 cm³/mol. The highest BCUT2D eigenvalue weighted by Gasteiger charge is 2.42. The average Bonchev–Trinajstić information content (AvgIpc) is 2.46. The molecule has 1 fully saturated rings. The number of rotatable bonds is 5. The van der Waals surface area contributed by atoms with Gasteiger partial charge >= 0.3 is 0 Å². The van der Waals surface area contributed by atoms with Crippen LogP contribution in [-0.4, -0.2) is 53.1 Å². The predicted octanol–water partition coefficient (Wildman–Crippen LogP) is -0.758. The Labute approximate surface area is 83.3 Å². The molecule has 3 N–H and O–H groups in total. The average molecular weight is 206 g/mol. The van der Waals surface area contributed by atoms with Gasteiger partial charge in [0.1, 0.15) is 18.3 Å². The van der Waals surface area contributed by atoms with Crippen LogP contribution in [0.25, 0.3) is 0 Å². The van der Waals surface area contributed by atoms with Crippen LogP contribution in [0.4, 0.5) is 0 Å². The molecule has 0 aromatic heterocycles. The lowest BCUT2D eigenvalue weighted by molar-refractivity contribution is -0.169. The zero-order valence-corrected chi connectivity index (χ0v) is 8.30. The van der Waals surface area contributed by atoms with Gasteiger partial charge in [0.05, 0.1) is 6.61 Å². The van der Waals surface area contributed by atoms with Crippen molar-refractivity contribution >= 4 is 0 Å². The van der Waals surface area contributed by atoms with E-state index in [9.17, 15) is 10.2 Å². The van der Waals surface area contributed by atoms with Gasteiger partial charge in [0.25, 0.3) is 0 Å². The number of aliphatic hydroxyl groups excluding tert-OH is 3. The van der Waals surface area contributed by atoms with Gasteiger partial charge in [-0.2, -0.15) is 0 Å². The SMILES string of the molecule is CCCCOC1O[C@@H](CO)[C@H](O)[C@H]1O. The van der Waals surface area contributed by atoms with Gasteiger partial charge in [0, 0.05) is 6.61 Å². The van der Waals surface area contributed by atoms with Crippen LogP contribution in [0.1, 0.15) is 19.8 Å². The van der Waals surface area contributed by atoms with Gasteiger partial charge in [0.15, 0.2) is 6.29 Å². The van der Waals surface area contributed by atoms with Crippen molar-refractivity contribution in [2.24, 2.45) is 0 Å². The van der Waals surface area contributed by atoms with E-state index in [4.69, 9.17) is 14.6 Å². The largest absolute Gasteiger partial charge is 0.394 e. The van der Waals surface area contributed by atoms with E-state index in [1.807, 2.05) is 6.92 Å². The third-order valence-corrected chi connectivity index (χ3v) is 2.28. The fourth-order valence-corrected chi connectivity index (χ4v) is 1.35. The van der Waals surface area contributed by atoms with E-state index in [2.05, 4.69) is 0 Å². The molecule has 5 heteroatoms. The van der Waals surface area contributed by atoms with E-state index in [0.717, 1.165) is 12.8 Å². The molecule has 0 bridgehead atoms. The topological polar surface area (TPSA) is 79.2 Å². The van der Waals surface area contributed by atoms with Crippen LogP contribution in [-0.2, 0) is 9.47 Å². The molecular formula is C9H18O5. The van der Waals surface area contributed by atoms with Crippen LogP contribution in [0.15, 0.2) is 0 Å². The summed E-state index contributed by atoms with van der Waals surface area (Å²) in [5.74, 6) is 0. The highest BCUT2D eigenvalue weighted by molar-refractivity contribution is 4.86. The summed E-state index contributed by atoms with van der Waals surface area (Å²) in [5.41, 5.74) is 0. The van der Waals surface area contributed by atoms with Crippen LogP contribution in [0.3, 0.4) is 0 Å². The maximum atomic E-state index is 9.45. The van der Waals surface area contributed by atoms with Gasteiger partial charge < -0.3 is 24.8 Å². The molecule has 0 amide bonds. The second-order valence-corrected chi connectivity index (χ2v) is 3.43. The zero-order chi connectivity index (χ0) is 10.6. The summed E-state index contributed by atoms with van der Waals surface area (Å²) in [6.07, 6.45) is -1.80. The summed E-state index contributed by atoms with van der Waals surface area (Å²) < 4.78 is 10.3. The van der Waals surface area contributed by atoms with Crippen molar-refractivity contribution in [3.05, 3.63) is 0 Å². The van der Waals surface area contributed by atoms with E-state index < -0.39 is 24.6 Å². The van der Waals surface area contributed by atoms with Crippen LogP contribution >= 0.6 is 0 Å². The number of aliphatic hydroxyl groups is 3. The number of hydrogen-bond acceptors (Lipinski definition) is 5. The van der Waals surface area contributed by atoms with Crippen molar-refractivity contribution in [2.45, 2.75) is 44.4 Å². The molecule has 0 aromatic rings. The highest BCUT2D eigenvalue weighted by Crippen LogP contribution is 2.21. The monoisotopic (exact) mass is 206 g/mol. The molecule has 0 radical (unpaired) electrons. The second-order valence-electron chi connectivity index (χ2n) is 3.43. The molecule has 5 nitrogen and oxygen atoms in total. The summed E-state index contributed by atoms with van der Waals surface area (Å²) in [6, 6.07) is 0. The molecular weight excluding hydrogens is 188 g/mol. The van der Waals surface area contributed by atoms with Crippen LogP contribution in [0.2, 0.25) is 0 Å². The lowest BCUT2D eigenvalue weighted by Gasteiger charge is -2.14. The summed E-state index contributed by atoms with van der Waals surface area (Å²) in [7, 11) is 0. The van der Waals surface area contributed by atoms with Gasteiger partial charge in [-0.05, 0) is 6.42 Å². The lowest BCUT2D eigenvalue weighted by Crippen LogP contribution is -2.34. The van der Waals surface area contributed by atoms with Crippen molar-refractivity contribution in [2.75, 3.05) is 13.2 Å². The molecule has 0 aliphatic carbocycles. The van der Waals surface area contributed by atoms with Crippen molar-refractivity contribution in [3.63, 3.8) is 0 Å². The van der Waals surface area contributed by atoms with Gasteiger partial charge in [0.2, 0.25) is 0 Å². The molecule has 0 saturated carbocycles. The summed E-state index contributed by atoms with van der Waals surface area (Å²) in [5, 5.41) is 27.6. The van der Waals surface area contributed by atoms with Gasteiger partial charge in [-0.15, -0.1) is 0 Å². The van der Waals surface area contributed by atoms with Crippen molar-refractivity contribution < 1.29 is 24.8 Å². The third-order valence-electron chi connectivity index (χ3n) is 2.28. The highest BCUT2D eigenvalue weighted by atomic mass is 16.7. The first-order valence-corrected chi connectivity index (χ1v) is 4.94. The van der Waals surface area contributed by atoms with E-state index in [-0.39, 0.29) is 6.61 Å². The summed E-state index contributed by atoms with van der Waals surface area (Å²) >= 11 is 0. The summed E-state index contributed by atoms with van der Waals surface area (Å²) in [6.45, 7) is 2.20. The Bertz CT molecular complexity index is 163. The fraction of sp³-hybridized carbons (Fsp3) is 1.00. The molecule has 1 aliphatic heterocycles. The van der Waals surface area contributed by atoms with E-state index in [0.29, 0.717) is 6.61 Å². The van der Waals surface area contributed by atoms with Crippen LogP contribution in [0.5, 0.6) is 0 Å². The first kappa shape index (κ1) is 11.9. The molecule has 84 valence electrons. The lowest BCUT2D eigenvalue weighted by atomic mass is 10.1. The standard InChI is InChI=1S/C9H18O5/c1-2-3-4-13-9-8(12)7(11)6(5-10)14-9/h6-12H,2-5H2,1H3/t6-,7-,8+,9?/m0/s1. The van der Waals surface area contributed by atoms with Crippen molar-refractivity contribution in [1.82, 2.24) is 0 Å². The molecule has 1 unspecified atom stereocenters. The molecule has 0 spiro atoms. The first-order chi connectivity index (χ1) is 6.70. The fourth-order valence-electron chi connectivity index (χ4n) is 1.35. The normalized spacial score (nSPS) is 37.7. The van der Waals surface area contributed by atoms with Crippen LogP contribution < -0.4 is 0 Å². The number of unbranched alkanes of at least 4 members (excludes halogenated alkanes) is 1. The molecule has 4 atom stereocenters. The minimum Gasteiger partial charge on any atom is -0.394 e. The Morgan fingerprint density at radius 3 is 2.50 bits per heavy atom. The molecule has 1 heterocycles. The molecule has 1 aliphatic rings. The summed E-state index contributed by atoms with van der Waals surface area (Å²) in [4.78, 5) is 0. The Hall–Kier alpha value is -0.200. The smallest absolute Gasteiger partial charge is 0.186 e. The minimum absolute atomic E-state index is 0.314. The number of ether oxygens (including phenoxy) is 2. The Kier molecular flexibility index (Phi) is 4.77. The van der Waals surface area contributed by atoms with Crippen molar-refractivity contribution in [3.8, 4) is 0 Å². The molecule has 0 aromatic carbocycles. The van der Waals surface area contributed by atoms with E-state index in [1.54, 1.807) is 0 Å². The maximum absolute atomic E-state index is 9.45. The molecule has 14 heavy (non-hydrogen) atoms.